The van der Waals surface area contributed by atoms with Gasteiger partial charge < -0.3 is 0 Å². The predicted octanol–water partition coefficient (Wildman–Crippen LogP) is 3.94. The zero-order chi connectivity index (χ0) is 11.4. The lowest BCUT2D eigenvalue weighted by atomic mass is 9.77. The van der Waals surface area contributed by atoms with Crippen LogP contribution in [0.2, 0.25) is 0 Å². The molecule has 1 heteroatoms. The van der Waals surface area contributed by atoms with Gasteiger partial charge in [0, 0.05) is 12.3 Å². The highest BCUT2D eigenvalue weighted by molar-refractivity contribution is 5.80. The maximum Gasteiger partial charge on any atom is 0.135 e. The second kappa shape index (κ2) is 5.29. The van der Waals surface area contributed by atoms with E-state index in [0.29, 0.717) is 24.0 Å². The average molecular weight is 216 g/mol. The first-order valence-corrected chi connectivity index (χ1v) is 6.39. The van der Waals surface area contributed by atoms with E-state index in [0.717, 1.165) is 12.8 Å². The zero-order valence-electron chi connectivity index (χ0n) is 9.99. The average Bonchev–Trinajstić information content (AvgIpc) is 2.39. The van der Waals surface area contributed by atoms with E-state index >= 15 is 0 Å². The Morgan fingerprint density at radius 1 is 1.12 bits per heavy atom. The molecular weight excluding hydrogens is 196 g/mol. The summed E-state index contributed by atoms with van der Waals surface area (Å²) in [4.78, 5) is 11.6. The van der Waals surface area contributed by atoms with Crippen LogP contribution in [0.1, 0.15) is 50.5 Å². The van der Waals surface area contributed by atoms with Crippen molar-refractivity contribution in [2.75, 3.05) is 0 Å². The van der Waals surface area contributed by atoms with Crippen LogP contribution in [-0.2, 0) is 4.79 Å². The first kappa shape index (κ1) is 11.4. The fraction of sp³-hybridized carbons (Fsp3) is 0.533. The Morgan fingerprint density at radius 2 is 1.75 bits per heavy atom. The molecular formula is C15H20O. The minimum atomic E-state index is 0.352. The van der Waals surface area contributed by atoms with E-state index in [1.165, 1.54) is 18.4 Å². The minimum Gasteiger partial charge on any atom is -0.299 e. The molecule has 0 radical (unpaired) electrons. The highest BCUT2D eigenvalue weighted by atomic mass is 16.1. The number of hydrogen-bond donors (Lipinski definition) is 0. The summed E-state index contributed by atoms with van der Waals surface area (Å²) >= 11 is 0. The predicted molar refractivity (Wildman–Crippen MR) is 66.4 cm³/mol. The monoisotopic (exact) mass is 216 g/mol. The Morgan fingerprint density at radius 3 is 2.31 bits per heavy atom. The second-order valence-electron chi connectivity index (χ2n) is 4.78. The molecule has 1 saturated carbocycles. The van der Waals surface area contributed by atoms with Gasteiger partial charge in [-0.05, 0) is 37.2 Å². The number of benzene rings is 1. The molecule has 0 unspecified atom stereocenters. The van der Waals surface area contributed by atoms with Crippen LogP contribution >= 0.6 is 0 Å². The number of carbonyl (C=O) groups is 1. The summed E-state index contributed by atoms with van der Waals surface area (Å²) in [5, 5.41) is 0. The summed E-state index contributed by atoms with van der Waals surface area (Å²) in [7, 11) is 0. The summed E-state index contributed by atoms with van der Waals surface area (Å²) < 4.78 is 0. The van der Waals surface area contributed by atoms with E-state index in [1.54, 1.807) is 0 Å². The second-order valence-corrected chi connectivity index (χ2v) is 4.78. The van der Waals surface area contributed by atoms with Crippen molar-refractivity contribution in [3.05, 3.63) is 35.9 Å². The third-order valence-electron chi connectivity index (χ3n) is 3.80. The van der Waals surface area contributed by atoms with E-state index in [-0.39, 0.29) is 0 Å². The Bertz CT molecular complexity index is 334. The van der Waals surface area contributed by atoms with Gasteiger partial charge in [0.15, 0.2) is 0 Å². The van der Waals surface area contributed by atoms with Gasteiger partial charge >= 0.3 is 0 Å². The highest BCUT2D eigenvalue weighted by Crippen LogP contribution is 2.36. The molecule has 0 heterocycles. The van der Waals surface area contributed by atoms with Crippen molar-refractivity contribution >= 4 is 5.78 Å². The Kier molecular flexibility index (Phi) is 3.76. The standard InChI is InChI=1S/C15H20O/c1-2-15(16)14-10-8-13(9-11-14)12-6-4-3-5-7-12/h3-7,13-14H,2,8-11H2,1H3/t13-,14-. The quantitative estimate of drug-likeness (QED) is 0.748. The lowest BCUT2D eigenvalue weighted by molar-refractivity contribution is -0.123. The third kappa shape index (κ3) is 2.52. The molecule has 1 aliphatic carbocycles. The Labute approximate surface area is 97.9 Å². The number of Topliss-reactive ketones (excluding diaryl/α,β-unsaturated/α-hetero) is 1. The van der Waals surface area contributed by atoms with Crippen molar-refractivity contribution in [1.82, 2.24) is 0 Å². The van der Waals surface area contributed by atoms with Crippen LogP contribution in [0.4, 0.5) is 0 Å². The molecule has 86 valence electrons. The Hall–Kier alpha value is -1.11. The first-order chi connectivity index (χ1) is 7.81. The molecule has 0 aromatic heterocycles. The molecule has 0 bridgehead atoms. The molecule has 0 amide bonds. The SMILES string of the molecule is CCC(=O)[C@H]1CC[C@H](c2ccccc2)CC1. The van der Waals surface area contributed by atoms with Gasteiger partial charge in [-0.15, -0.1) is 0 Å². The first-order valence-electron chi connectivity index (χ1n) is 6.39. The molecule has 1 fully saturated rings. The van der Waals surface area contributed by atoms with E-state index in [4.69, 9.17) is 0 Å². The fourth-order valence-electron chi connectivity index (χ4n) is 2.76. The fourth-order valence-corrected chi connectivity index (χ4v) is 2.76. The lowest BCUT2D eigenvalue weighted by Crippen LogP contribution is -2.20. The number of rotatable bonds is 3. The smallest absolute Gasteiger partial charge is 0.135 e. The van der Waals surface area contributed by atoms with Crippen LogP contribution in [0.15, 0.2) is 30.3 Å². The van der Waals surface area contributed by atoms with Gasteiger partial charge in [0.25, 0.3) is 0 Å². The van der Waals surface area contributed by atoms with Crippen molar-refractivity contribution in [3.8, 4) is 0 Å². The lowest BCUT2D eigenvalue weighted by Gasteiger charge is -2.27. The Balaban J connectivity index is 1.93. The molecule has 1 aromatic rings. The molecule has 1 aliphatic rings. The van der Waals surface area contributed by atoms with Crippen molar-refractivity contribution in [2.45, 2.75) is 44.9 Å². The van der Waals surface area contributed by atoms with E-state index in [1.807, 2.05) is 6.92 Å². The molecule has 0 spiro atoms. The van der Waals surface area contributed by atoms with Crippen LogP contribution in [0.25, 0.3) is 0 Å². The van der Waals surface area contributed by atoms with Gasteiger partial charge in [0.1, 0.15) is 5.78 Å². The summed E-state index contributed by atoms with van der Waals surface area (Å²) in [5.41, 5.74) is 1.45. The van der Waals surface area contributed by atoms with Crippen molar-refractivity contribution in [1.29, 1.82) is 0 Å². The number of carbonyl (C=O) groups excluding carboxylic acids is 1. The van der Waals surface area contributed by atoms with Gasteiger partial charge in [-0.2, -0.15) is 0 Å². The molecule has 1 nitrogen and oxygen atoms in total. The molecule has 2 rings (SSSR count). The molecule has 0 N–H and O–H groups in total. The zero-order valence-corrected chi connectivity index (χ0v) is 9.99. The van der Waals surface area contributed by atoms with Crippen molar-refractivity contribution in [3.63, 3.8) is 0 Å². The van der Waals surface area contributed by atoms with E-state index < -0.39 is 0 Å². The molecule has 0 atom stereocenters. The molecule has 0 aliphatic heterocycles. The summed E-state index contributed by atoms with van der Waals surface area (Å²) in [6, 6.07) is 10.7. The molecule has 1 aromatic carbocycles. The largest absolute Gasteiger partial charge is 0.299 e. The third-order valence-corrected chi connectivity index (χ3v) is 3.80. The van der Waals surface area contributed by atoms with Crippen LogP contribution in [-0.4, -0.2) is 5.78 Å². The van der Waals surface area contributed by atoms with E-state index in [9.17, 15) is 4.79 Å². The van der Waals surface area contributed by atoms with Gasteiger partial charge in [-0.1, -0.05) is 37.3 Å². The van der Waals surface area contributed by atoms with Gasteiger partial charge in [0.05, 0.1) is 0 Å². The maximum absolute atomic E-state index is 11.6. The number of hydrogen-bond acceptors (Lipinski definition) is 1. The van der Waals surface area contributed by atoms with Crippen LogP contribution in [0.5, 0.6) is 0 Å². The topological polar surface area (TPSA) is 17.1 Å². The van der Waals surface area contributed by atoms with Crippen molar-refractivity contribution in [2.24, 2.45) is 5.92 Å². The summed E-state index contributed by atoms with van der Waals surface area (Å²) in [6.45, 7) is 1.98. The van der Waals surface area contributed by atoms with Crippen LogP contribution in [0, 0.1) is 5.92 Å². The molecule has 0 saturated heterocycles. The van der Waals surface area contributed by atoms with Crippen molar-refractivity contribution < 1.29 is 4.79 Å². The number of ketones is 1. The van der Waals surface area contributed by atoms with Gasteiger partial charge in [0.2, 0.25) is 0 Å². The van der Waals surface area contributed by atoms with Crippen LogP contribution < -0.4 is 0 Å². The minimum absolute atomic E-state index is 0.352. The normalized spacial score (nSPS) is 25.3. The maximum atomic E-state index is 11.6. The highest BCUT2D eigenvalue weighted by Gasteiger charge is 2.25. The van der Waals surface area contributed by atoms with Crippen LogP contribution in [0.3, 0.4) is 0 Å². The summed E-state index contributed by atoms with van der Waals surface area (Å²) in [6.07, 6.45) is 5.25. The van der Waals surface area contributed by atoms with Gasteiger partial charge in [-0.25, -0.2) is 0 Å². The van der Waals surface area contributed by atoms with Gasteiger partial charge in [-0.3, -0.25) is 4.79 Å². The molecule has 16 heavy (non-hydrogen) atoms. The van der Waals surface area contributed by atoms with E-state index in [2.05, 4.69) is 30.3 Å². The summed E-state index contributed by atoms with van der Waals surface area (Å²) in [5.74, 6) is 1.50.